The zero-order chi connectivity index (χ0) is 24.8. The molecule has 0 heterocycles. The third-order valence-corrected chi connectivity index (χ3v) is 7.17. The first-order valence-electron chi connectivity index (χ1n) is 10.6. The van der Waals surface area contributed by atoms with Crippen molar-refractivity contribution in [3.8, 4) is 0 Å². The highest BCUT2D eigenvalue weighted by Gasteiger charge is 2.57. The minimum absolute atomic E-state index is 0.0271. The minimum atomic E-state index is -6.02. The van der Waals surface area contributed by atoms with Crippen molar-refractivity contribution in [2.75, 3.05) is 13.2 Å². The van der Waals surface area contributed by atoms with Crippen LogP contribution in [0.15, 0.2) is 0 Å². The highest BCUT2D eigenvalue weighted by molar-refractivity contribution is 7.87. The summed E-state index contributed by atoms with van der Waals surface area (Å²) in [6.07, 6.45) is 2.83. The fourth-order valence-electron chi connectivity index (χ4n) is 5.49. The van der Waals surface area contributed by atoms with E-state index in [-0.39, 0.29) is 30.0 Å². The molecule has 0 aliphatic heterocycles. The van der Waals surface area contributed by atoms with Gasteiger partial charge in [-0.2, -0.15) is 17.2 Å². The molecule has 2 atom stereocenters. The number of rotatable bonds is 7. The second-order valence-electron chi connectivity index (χ2n) is 10.2. The van der Waals surface area contributed by atoms with Crippen molar-refractivity contribution in [3.63, 3.8) is 0 Å². The van der Waals surface area contributed by atoms with Crippen molar-refractivity contribution in [1.82, 2.24) is 0 Å². The lowest BCUT2D eigenvalue weighted by Crippen LogP contribution is -2.56. The Labute approximate surface area is 190 Å². The van der Waals surface area contributed by atoms with Crippen LogP contribution in [0.4, 0.5) is 13.6 Å². The molecule has 10 nitrogen and oxygen atoms in total. The third-order valence-electron chi connectivity index (χ3n) is 6.36. The van der Waals surface area contributed by atoms with Crippen molar-refractivity contribution in [3.05, 3.63) is 0 Å². The molecule has 0 aromatic carbocycles. The van der Waals surface area contributed by atoms with Gasteiger partial charge in [0.1, 0.15) is 11.7 Å². The summed E-state index contributed by atoms with van der Waals surface area (Å²) in [6.45, 7) is 3.99. The molecule has 4 aliphatic carbocycles. The van der Waals surface area contributed by atoms with Gasteiger partial charge in [0.15, 0.2) is 6.61 Å². The molecule has 4 fully saturated rings. The first-order chi connectivity index (χ1) is 15.0. The summed E-state index contributed by atoms with van der Waals surface area (Å²) in [5.41, 5.74) is -1.03. The Balaban J connectivity index is 1.52. The predicted molar refractivity (Wildman–Crippen MR) is 106 cm³/mol. The molecule has 4 rings (SSSR count). The zero-order valence-electron chi connectivity index (χ0n) is 18.5. The largest absolute Gasteiger partial charge is 0.509 e. The molecule has 13 heteroatoms. The molecule has 0 amide bonds. The van der Waals surface area contributed by atoms with Crippen molar-refractivity contribution in [1.29, 1.82) is 0 Å². The molecule has 0 saturated heterocycles. The smallest absolute Gasteiger partial charge is 0.463 e. The van der Waals surface area contributed by atoms with Crippen LogP contribution >= 0.6 is 0 Å². The topological polar surface area (TPSA) is 142 Å². The van der Waals surface area contributed by atoms with Gasteiger partial charge in [-0.25, -0.2) is 14.4 Å². The van der Waals surface area contributed by atoms with E-state index in [0.717, 1.165) is 19.3 Å². The molecule has 33 heavy (non-hydrogen) atoms. The first-order valence-corrected chi connectivity index (χ1v) is 12.0. The van der Waals surface area contributed by atoms with Gasteiger partial charge in [-0.05, 0) is 70.6 Å². The number of carbonyl (C=O) groups excluding carboxylic acids is 3. The number of hydrogen-bond acceptors (Lipinski definition) is 9. The molecule has 188 valence electrons. The molecule has 0 spiro atoms. The van der Waals surface area contributed by atoms with E-state index in [2.05, 4.69) is 4.74 Å². The minimum Gasteiger partial charge on any atom is -0.463 e. The number of ether oxygens (including phenoxy) is 4. The number of halogens is 2. The van der Waals surface area contributed by atoms with Gasteiger partial charge in [0.25, 0.3) is 0 Å². The molecular weight excluding hydrogens is 470 g/mol. The van der Waals surface area contributed by atoms with E-state index in [9.17, 15) is 31.6 Å². The van der Waals surface area contributed by atoms with Crippen LogP contribution < -0.4 is 0 Å². The Morgan fingerprint density at radius 2 is 1.61 bits per heavy atom. The van der Waals surface area contributed by atoms with Crippen LogP contribution in [0.3, 0.4) is 0 Å². The van der Waals surface area contributed by atoms with Gasteiger partial charge in [-0.3, -0.25) is 4.55 Å². The van der Waals surface area contributed by atoms with Crippen LogP contribution in [0.25, 0.3) is 0 Å². The summed E-state index contributed by atoms with van der Waals surface area (Å²) in [7, 11) is -6.02. The average molecular weight is 498 g/mol. The molecule has 4 aliphatic rings. The van der Waals surface area contributed by atoms with E-state index in [1.807, 2.05) is 0 Å². The molecule has 2 unspecified atom stereocenters. The Bertz CT molecular complexity index is 894. The molecular formula is C20H28F2O10S. The molecule has 0 radical (unpaired) electrons. The van der Waals surface area contributed by atoms with Gasteiger partial charge in [0, 0.05) is 5.41 Å². The van der Waals surface area contributed by atoms with Crippen LogP contribution in [0.5, 0.6) is 0 Å². The van der Waals surface area contributed by atoms with Crippen molar-refractivity contribution in [2.24, 2.45) is 23.2 Å². The second-order valence-corrected chi connectivity index (χ2v) is 11.7. The highest BCUT2D eigenvalue weighted by atomic mass is 32.2. The Morgan fingerprint density at radius 3 is 2.12 bits per heavy atom. The fourth-order valence-corrected chi connectivity index (χ4v) is 5.76. The number of esters is 2. The van der Waals surface area contributed by atoms with Crippen LogP contribution in [0.1, 0.15) is 52.9 Å². The summed E-state index contributed by atoms with van der Waals surface area (Å²) >= 11 is 0. The summed E-state index contributed by atoms with van der Waals surface area (Å²) in [5, 5.41) is -5.18. The van der Waals surface area contributed by atoms with E-state index in [0.29, 0.717) is 18.8 Å². The van der Waals surface area contributed by atoms with E-state index in [1.165, 1.54) is 0 Å². The monoisotopic (exact) mass is 498 g/mol. The van der Waals surface area contributed by atoms with Gasteiger partial charge in [-0.1, -0.05) is 0 Å². The third kappa shape index (κ3) is 5.73. The maximum Gasteiger partial charge on any atom is 0.509 e. The zero-order valence-corrected chi connectivity index (χ0v) is 19.4. The Kier molecular flexibility index (Phi) is 6.70. The van der Waals surface area contributed by atoms with Crippen LogP contribution in [0, 0.1) is 23.2 Å². The highest BCUT2D eigenvalue weighted by Crippen LogP contribution is 2.60. The molecule has 4 saturated carbocycles. The van der Waals surface area contributed by atoms with Gasteiger partial charge >= 0.3 is 33.5 Å². The van der Waals surface area contributed by atoms with Gasteiger partial charge in [-0.15, -0.1) is 0 Å². The van der Waals surface area contributed by atoms with Crippen molar-refractivity contribution < 1.29 is 55.1 Å². The lowest BCUT2D eigenvalue weighted by atomic mass is 9.49. The average Bonchev–Trinajstić information content (AvgIpc) is 2.64. The van der Waals surface area contributed by atoms with Crippen LogP contribution in [0.2, 0.25) is 0 Å². The van der Waals surface area contributed by atoms with Crippen molar-refractivity contribution >= 4 is 28.2 Å². The van der Waals surface area contributed by atoms with Crippen LogP contribution in [-0.2, 0) is 38.7 Å². The van der Waals surface area contributed by atoms with Crippen molar-refractivity contribution in [2.45, 2.75) is 69.8 Å². The predicted octanol–water partition coefficient (Wildman–Crippen LogP) is 2.70. The number of carbonyl (C=O) groups is 3. The van der Waals surface area contributed by atoms with Gasteiger partial charge in [0.05, 0.1) is 6.61 Å². The number of alkyl halides is 2. The maximum absolute atomic E-state index is 13.2. The Morgan fingerprint density at radius 1 is 1.03 bits per heavy atom. The SMILES string of the molecule is CC(C)(C)OC(=O)OC1C2CC3CC1CC(COC(=O)COC(=O)C(F)(F)S(=O)(=O)O)(C3)C2. The molecule has 1 N–H and O–H groups in total. The standard InChI is InChI=1S/C20H28F2O10S/c1-18(2,3)32-17(25)31-15-12-4-11-5-13(15)8-19(6-11,7-12)10-30-14(23)9-29-16(24)20(21,22)33(26,27)28/h11-13,15H,4-10H2,1-3H3,(H,26,27,28). The lowest BCUT2D eigenvalue weighted by molar-refractivity contribution is -0.182. The van der Waals surface area contributed by atoms with Crippen LogP contribution in [-0.4, -0.2) is 61.2 Å². The molecule has 4 bridgehead atoms. The normalized spacial score (nSPS) is 31.1. The summed E-state index contributed by atoms with van der Waals surface area (Å²) < 4.78 is 75.8. The molecule has 0 aromatic heterocycles. The van der Waals surface area contributed by atoms with E-state index < -0.39 is 45.7 Å². The van der Waals surface area contributed by atoms with Gasteiger partial charge in [0.2, 0.25) is 0 Å². The van der Waals surface area contributed by atoms with E-state index in [1.54, 1.807) is 20.8 Å². The maximum atomic E-state index is 13.2. The summed E-state index contributed by atoms with van der Waals surface area (Å²) in [5.74, 6) is -3.15. The van der Waals surface area contributed by atoms with E-state index in [4.69, 9.17) is 18.8 Å². The second kappa shape index (κ2) is 8.64. The first kappa shape index (κ1) is 25.6. The summed E-state index contributed by atoms with van der Waals surface area (Å²) in [4.78, 5) is 35.2. The quantitative estimate of drug-likeness (QED) is 0.316. The fraction of sp³-hybridized carbons (Fsp3) is 0.850. The number of hydrogen-bond donors (Lipinski definition) is 1. The van der Waals surface area contributed by atoms with E-state index >= 15 is 0 Å². The summed E-state index contributed by atoms with van der Waals surface area (Å²) in [6, 6.07) is 0. The molecule has 0 aromatic rings. The Hall–Kier alpha value is -2.02. The lowest BCUT2D eigenvalue weighted by Gasteiger charge is -2.58. The van der Waals surface area contributed by atoms with Gasteiger partial charge < -0.3 is 18.9 Å².